The molecule has 196 valence electrons. The Labute approximate surface area is 218 Å². The highest BCUT2D eigenvalue weighted by Crippen LogP contribution is 2.47. The van der Waals surface area contributed by atoms with E-state index in [9.17, 15) is 18.9 Å². The summed E-state index contributed by atoms with van der Waals surface area (Å²) in [6.45, 7) is 10.8. The van der Waals surface area contributed by atoms with E-state index in [0.717, 1.165) is 22.9 Å². The maximum Gasteiger partial charge on any atom is 0.333 e. The largest absolute Gasteiger partial charge is 0.423 e. The number of hydrogen-bond acceptors (Lipinski definition) is 6. The van der Waals surface area contributed by atoms with Crippen molar-refractivity contribution >= 4 is 14.0 Å². The maximum absolute atomic E-state index is 13.9. The molecule has 3 atom stereocenters. The van der Waals surface area contributed by atoms with E-state index in [1.54, 1.807) is 12.1 Å². The molecule has 0 radical (unpaired) electrons. The summed E-state index contributed by atoms with van der Waals surface area (Å²) in [5, 5.41) is 8.54. The lowest BCUT2D eigenvalue weighted by molar-refractivity contribution is -0.138. The number of carbonyl (C=O) groups excluding carboxylic acids is 1. The molecule has 0 spiro atoms. The van der Waals surface area contributed by atoms with E-state index in [1.165, 1.54) is 26.2 Å². The van der Waals surface area contributed by atoms with Crippen molar-refractivity contribution in [3.05, 3.63) is 84.3 Å². The van der Waals surface area contributed by atoms with Crippen LogP contribution in [-0.2, 0) is 20.3 Å². The lowest BCUT2D eigenvalue weighted by Gasteiger charge is -2.30. The topological polar surface area (TPSA) is 85.7 Å². The van der Waals surface area contributed by atoms with Crippen molar-refractivity contribution in [3.63, 3.8) is 0 Å². The average molecular weight is 526 g/mol. The van der Waals surface area contributed by atoms with Gasteiger partial charge in [-0.1, -0.05) is 69.3 Å². The average Bonchev–Trinajstić information content (AvgIpc) is 2.89. The minimum atomic E-state index is -3.14. The fourth-order valence-electron chi connectivity index (χ4n) is 4.33. The Morgan fingerprint density at radius 1 is 1.14 bits per heavy atom. The molecule has 3 rings (SSSR count). The summed E-state index contributed by atoms with van der Waals surface area (Å²) in [7, 11) is -1.94. The van der Waals surface area contributed by atoms with Crippen molar-refractivity contribution < 1.29 is 28.1 Å². The number of ether oxygens (including phenoxy) is 1. The predicted molar refractivity (Wildman–Crippen MR) is 145 cm³/mol. The Morgan fingerprint density at radius 2 is 1.76 bits per heavy atom. The molecule has 37 heavy (non-hydrogen) atoms. The minimum Gasteiger partial charge on any atom is -0.423 e. The fourth-order valence-corrected chi connectivity index (χ4v) is 5.39. The number of halogens is 1. The molecule has 0 saturated carbocycles. The van der Waals surface area contributed by atoms with E-state index in [-0.39, 0.29) is 11.7 Å². The second-order valence-corrected chi connectivity index (χ2v) is 10.9. The molecule has 0 aliphatic carbocycles. The molecule has 3 aromatic rings. The van der Waals surface area contributed by atoms with Gasteiger partial charge in [-0.3, -0.25) is 4.57 Å². The van der Waals surface area contributed by atoms with Crippen LogP contribution in [0.2, 0.25) is 0 Å². The molecule has 8 heteroatoms. The Kier molecular flexibility index (Phi) is 9.19. The van der Waals surface area contributed by atoms with Gasteiger partial charge in [0.25, 0.3) is 0 Å². The summed E-state index contributed by atoms with van der Waals surface area (Å²) in [6, 6.07) is 15.6. The van der Waals surface area contributed by atoms with Crippen molar-refractivity contribution in [2.75, 3.05) is 7.11 Å². The lowest BCUT2D eigenvalue weighted by atomic mass is 9.90. The fraction of sp³-hybridized carbons (Fsp3) is 0.310. The van der Waals surface area contributed by atoms with Crippen LogP contribution in [0.1, 0.15) is 44.9 Å². The number of benzene rings is 2. The van der Waals surface area contributed by atoms with Gasteiger partial charge in [0, 0.05) is 18.2 Å². The van der Waals surface area contributed by atoms with Gasteiger partial charge in [-0.05, 0) is 42.5 Å². The molecule has 0 aliphatic rings. The molecule has 2 aromatic carbocycles. The van der Waals surface area contributed by atoms with E-state index in [1.807, 2.05) is 51.1 Å². The first-order chi connectivity index (χ1) is 17.6. The third-order valence-corrected chi connectivity index (χ3v) is 8.27. The Hall–Kier alpha value is -3.12. The quantitative estimate of drug-likeness (QED) is 0.183. The first-order valence-electron chi connectivity index (χ1n) is 12.1. The summed E-state index contributed by atoms with van der Waals surface area (Å²) in [5.41, 5.74) is 4.10. The highest BCUT2D eigenvalue weighted by atomic mass is 31.1. The van der Waals surface area contributed by atoms with Crippen molar-refractivity contribution in [2.45, 2.75) is 51.3 Å². The molecule has 1 heterocycles. The number of aliphatic hydroxyl groups is 1. The van der Waals surface area contributed by atoms with Crippen LogP contribution in [0.4, 0.5) is 4.39 Å². The monoisotopic (exact) mass is 525 g/mol. The normalized spacial score (nSPS) is 14.6. The summed E-state index contributed by atoms with van der Waals surface area (Å²) < 4.78 is 37.8. The zero-order valence-electron chi connectivity index (χ0n) is 21.7. The molecule has 0 bridgehead atoms. The highest BCUT2D eigenvalue weighted by Gasteiger charge is 2.49. The highest BCUT2D eigenvalue weighted by molar-refractivity contribution is 7.43. The van der Waals surface area contributed by atoms with Gasteiger partial charge in [0.15, 0.2) is 10.9 Å². The number of carbonyl (C=O) groups is 1. The molecular weight excluding hydrogens is 492 g/mol. The van der Waals surface area contributed by atoms with Gasteiger partial charge in [-0.2, -0.15) is 0 Å². The van der Waals surface area contributed by atoms with E-state index in [4.69, 9.17) is 14.2 Å². The van der Waals surface area contributed by atoms with Crippen LogP contribution in [0.15, 0.2) is 67.3 Å². The van der Waals surface area contributed by atoms with Crippen LogP contribution >= 0.6 is 8.03 Å². The van der Waals surface area contributed by atoms with E-state index >= 15 is 0 Å². The Morgan fingerprint density at radius 3 is 2.24 bits per heavy atom. The third kappa shape index (κ3) is 5.45. The molecule has 1 N–H and O–H groups in total. The molecule has 6 nitrogen and oxygen atoms in total. The van der Waals surface area contributed by atoms with Gasteiger partial charge < -0.3 is 14.4 Å². The van der Waals surface area contributed by atoms with Crippen molar-refractivity contribution in [1.82, 2.24) is 4.98 Å². The molecular formula is C29H33FNO5P. The molecule has 0 fully saturated rings. The zero-order valence-corrected chi connectivity index (χ0v) is 22.7. The standard InChI is InChI=1S/C29H33FNO5P/c1-7-23-24(20-14-16-22(30)17-15-20)27(36-28(33)29(8-2,19(5)32)37(34)35-6)25(18(3)4)31-26(23)21-12-10-9-11-13-21/h8-19,32,37H,2,7H2,1,3-6H3. The molecule has 0 amide bonds. The minimum absolute atomic E-state index is 0.168. The number of hydrogen-bond donors (Lipinski definition) is 1. The molecule has 1 aromatic heterocycles. The van der Waals surface area contributed by atoms with Gasteiger partial charge in [0.2, 0.25) is 8.03 Å². The Bertz CT molecular complexity index is 1290. The van der Waals surface area contributed by atoms with Gasteiger partial charge in [-0.25, -0.2) is 14.2 Å². The number of aliphatic hydroxyl groups excluding tert-OH is 1. The van der Waals surface area contributed by atoms with Gasteiger partial charge in [0.05, 0.1) is 17.5 Å². The second-order valence-electron chi connectivity index (χ2n) is 9.04. The summed E-state index contributed by atoms with van der Waals surface area (Å²) in [5.74, 6) is -1.38. The summed E-state index contributed by atoms with van der Waals surface area (Å²) in [6.07, 6.45) is 0.247. The van der Waals surface area contributed by atoms with Gasteiger partial charge in [-0.15, -0.1) is 6.58 Å². The van der Waals surface area contributed by atoms with Crippen LogP contribution < -0.4 is 4.74 Å². The number of rotatable bonds is 10. The molecule has 3 unspecified atom stereocenters. The maximum atomic E-state index is 13.9. The van der Waals surface area contributed by atoms with Crippen molar-refractivity contribution in [2.24, 2.45) is 0 Å². The number of nitrogens with zero attached hydrogens (tertiary/aromatic N) is 1. The predicted octanol–water partition coefficient (Wildman–Crippen LogP) is 6.57. The second kappa shape index (κ2) is 12.0. The van der Waals surface area contributed by atoms with Crippen LogP contribution in [0.25, 0.3) is 22.4 Å². The number of esters is 1. The van der Waals surface area contributed by atoms with E-state index in [2.05, 4.69) is 6.58 Å². The summed E-state index contributed by atoms with van der Waals surface area (Å²) >= 11 is 0. The number of aromatic nitrogens is 1. The first-order valence-corrected chi connectivity index (χ1v) is 13.4. The first kappa shape index (κ1) is 28.5. The summed E-state index contributed by atoms with van der Waals surface area (Å²) in [4.78, 5) is 18.6. The van der Waals surface area contributed by atoms with Gasteiger partial charge in [0.1, 0.15) is 5.82 Å². The lowest BCUT2D eigenvalue weighted by Crippen LogP contribution is -2.46. The third-order valence-electron chi connectivity index (χ3n) is 6.40. The van der Waals surface area contributed by atoms with Gasteiger partial charge >= 0.3 is 5.97 Å². The molecule has 0 aliphatic heterocycles. The SMILES string of the molecule is C=CC(C(=O)Oc1c(C(C)C)nc(-c2ccccc2)c(CC)c1-c1ccc(F)cc1)(C(C)O)[PH](=O)OC. The van der Waals surface area contributed by atoms with Crippen LogP contribution in [-0.4, -0.2) is 34.4 Å². The smallest absolute Gasteiger partial charge is 0.333 e. The molecule has 0 saturated heterocycles. The van der Waals surface area contributed by atoms with Crippen LogP contribution in [0.5, 0.6) is 5.75 Å². The van der Waals surface area contributed by atoms with Crippen LogP contribution in [0.3, 0.4) is 0 Å². The van der Waals surface area contributed by atoms with Crippen molar-refractivity contribution in [3.8, 4) is 28.1 Å². The van der Waals surface area contributed by atoms with Crippen LogP contribution in [0, 0.1) is 5.82 Å². The zero-order chi connectivity index (χ0) is 27.3. The van der Waals surface area contributed by atoms with Crippen molar-refractivity contribution in [1.29, 1.82) is 0 Å². The van der Waals surface area contributed by atoms with E-state index in [0.29, 0.717) is 23.2 Å². The number of pyridine rings is 1. The Balaban J connectivity index is 2.39. The van der Waals surface area contributed by atoms with E-state index < -0.39 is 31.1 Å².